The van der Waals surface area contributed by atoms with Crippen LogP contribution in [0.4, 0.5) is 0 Å². The second-order valence-electron chi connectivity index (χ2n) is 5.51. The van der Waals surface area contributed by atoms with Gasteiger partial charge in [-0.1, -0.05) is 12.1 Å². The number of hydrogen-bond donors (Lipinski definition) is 1. The van der Waals surface area contributed by atoms with Crippen LogP contribution in [0.3, 0.4) is 0 Å². The van der Waals surface area contributed by atoms with Crippen LogP contribution in [-0.2, 0) is 11.3 Å². The van der Waals surface area contributed by atoms with Gasteiger partial charge in [-0.3, -0.25) is 9.20 Å². The number of carbonyl (C=O) groups excluding carboxylic acids is 1. The Bertz CT molecular complexity index is 1050. The Balaban J connectivity index is 1.81. The van der Waals surface area contributed by atoms with Gasteiger partial charge < -0.3 is 5.32 Å². The topological polar surface area (TPSA) is 72.2 Å². The molecule has 1 amide bonds. The average molecular weight is 341 g/mol. The van der Waals surface area contributed by atoms with E-state index in [9.17, 15) is 4.79 Å². The maximum Gasteiger partial charge on any atom is 0.221 e. The number of benzene rings is 1. The Kier molecular flexibility index (Phi) is 2.77. The van der Waals surface area contributed by atoms with Gasteiger partial charge in [-0.15, -0.1) is 11.3 Å². The van der Waals surface area contributed by atoms with E-state index in [-0.39, 0.29) is 11.8 Å². The molecule has 1 N–H and O–H groups in total. The predicted octanol–water partition coefficient (Wildman–Crippen LogP) is 2.55. The fourth-order valence-electron chi connectivity index (χ4n) is 3.25. The molecule has 1 aliphatic heterocycles. The van der Waals surface area contributed by atoms with Crippen molar-refractivity contribution in [1.82, 2.24) is 23.4 Å². The van der Waals surface area contributed by atoms with Crippen LogP contribution in [-0.4, -0.2) is 24.0 Å². The van der Waals surface area contributed by atoms with E-state index in [4.69, 9.17) is 0 Å². The number of imidazole rings is 1. The van der Waals surface area contributed by atoms with Crippen LogP contribution in [0.5, 0.6) is 0 Å². The van der Waals surface area contributed by atoms with Gasteiger partial charge in [-0.05, 0) is 11.6 Å². The minimum atomic E-state index is -0.0651. The first kappa shape index (κ1) is 13.1. The lowest BCUT2D eigenvalue weighted by Crippen LogP contribution is -2.21. The second-order valence-corrected chi connectivity index (χ2v) is 6.91. The molecule has 1 aliphatic rings. The third-order valence-corrected chi connectivity index (χ3v) is 5.54. The molecule has 0 bridgehead atoms. The van der Waals surface area contributed by atoms with Crippen molar-refractivity contribution in [2.45, 2.75) is 18.9 Å². The summed E-state index contributed by atoms with van der Waals surface area (Å²) in [7, 11) is 0. The summed E-state index contributed by atoms with van der Waals surface area (Å²) in [6, 6.07) is 5.98. The molecular formula is C15H11N5OS2. The quantitative estimate of drug-likeness (QED) is 0.577. The number of carbonyl (C=O) groups is 1. The van der Waals surface area contributed by atoms with Crippen LogP contribution in [0.15, 0.2) is 29.8 Å². The fourth-order valence-corrected chi connectivity index (χ4v) is 4.55. The molecule has 0 fully saturated rings. The van der Waals surface area contributed by atoms with Crippen molar-refractivity contribution < 1.29 is 4.79 Å². The SMILES string of the molecule is O=C1CC(c2cccc3nsnc23)c2c(nc3sccn23)CN1. The first-order valence-electron chi connectivity index (χ1n) is 7.23. The molecule has 3 aromatic heterocycles. The maximum absolute atomic E-state index is 12.2. The summed E-state index contributed by atoms with van der Waals surface area (Å²) >= 11 is 2.81. The van der Waals surface area contributed by atoms with Crippen molar-refractivity contribution in [3.63, 3.8) is 0 Å². The van der Waals surface area contributed by atoms with Gasteiger partial charge in [0.15, 0.2) is 4.96 Å². The van der Waals surface area contributed by atoms with Crippen LogP contribution in [0.25, 0.3) is 16.0 Å². The Morgan fingerprint density at radius 1 is 1.30 bits per heavy atom. The first-order chi connectivity index (χ1) is 11.3. The molecule has 4 aromatic rings. The van der Waals surface area contributed by atoms with Crippen LogP contribution in [0.1, 0.15) is 29.3 Å². The summed E-state index contributed by atoms with van der Waals surface area (Å²) in [6.07, 6.45) is 2.42. The van der Waals surface area contributed by atoms with Crippen molar-refractivity contribution in [2.75, 3.05) is 0 Å². The van der Waals surface area contributed by atoms with E-state index < -0.39 is 0 Å². The third-order valence-electron chi connectivity index (χ3n) is 4.24. The molecule has 6 nitrogen and oxygen atoms in total. The summed E-state index contributed by atoms with van der Waals surface area (Å²) in [6.45, 7) is 0.477. The molecule has 4 heterocycles. The normalized spacial score (nSPS) is 18.1. The standard InChI is InChI=1S/C15H11N5OS2/c21-12-6-9(8-2-1-3-10-13(8)19-23-18-10)14-11(7-16-12)17-15-20(14)4-5-22-15/h1-5,9H,6-7H2,(H,16,21). The summed E-state index contributed by atoms with van der Waals surface area (Å²) in [5.74, 6) is -0.0260. The third kappa shape index (κ3) is 1.91. The second kappa shape index (κ2) is 4.84. The summed E-state index contributed by atoms with van der Waals surface area (Å²) in [4.78, 5) is 17.8. The highest BCUT2D eigenvalue weighted by atomic mass is 32.1. The summed E-state index contributed by atoms with van der Waals surface area (Å²) in [5.41, 5.74) is 4.83. The van der Waals surface area contributed by atoms with E-state index in [1.165, 1.54) is 11.7 Å². The summed E-state index contributed by atoms with van der Waals surface area (Å²) < 4.78 is 10.9. The Hall–Kier alpha value is -2.32. The van der Waals surface area contributed by atoms with Gasteiger partial charge in [0, 0.05) is 23.9 Å². The Morgan fingerprint density at radius 3 is 3.22 bits per heavy atom. The molecular weight excluding hydrogens is 330 g/mol. The monoisotopic (exact) mass is 341 g/mol. The lowest BCUT2D eigenvalue weighted by molar-refractivity contribution is -0.121. The molecule has 0 aliphatic carbocycles. The number of nitrogens with one attached hydrogen (secondary N) is 1. The molecule has 1 atom stereocenters. The van der Waals surface area contributed by atoms with E-state index in [0.717, 1.165) is 32.9 Å². The number of rotatable bonds is 1. The molecule has 8 heteroatoms. The van der Waals surface area contributed by atoms with E-state index in [1.807, 2.05) is 29.8 Å². The van der Waals surface area contributed by atoms with Crippen LogP contribution < -0.4 is 5.32 Å². The maximum atomic E-state index is 12.2. The molecule has 114 valence electrons. The first-order valence-corrected chi connectivity index (χ1v) is 8.84. The fraction of sp³-hybridized carbons (Fsp3) is 0.200. The minimum Gasteiger partial charge on any atom is -0.350 e. The molecule has 0 saturated heterocycles. The van der Waals surface area contributed by atoms with Crippen LogP contribution >= 0.6 is 23.1 Å². The molecule has 1 aromatic carbocycles. The zero-order chi connectivity index (χ0) is 15.4. The van der Waals surface area contributed by atoms with Crippen molar-refractivity contribution in [2.24, 2.45) is 0 Å². The predicted molar refractivity (Wildman–Crippen MR) is 88.8 cm³/mol. The highest BCUT2D eigenvalue weighted by Crippen LogP contribution is 2.36. The molecule has 23 heavy (non-hydrogen) atoms. The highest BCUT2D eigenvalue weighted by molar-refractivity contribution is 7.15. The van der Waals surface area contributed by atoms with Crippen molar-refractivity contribution >= 4 is 45.0 Å². The molecule has 0 saturated carbocycles. The van der Waals surface area contributed by atoms with Gasteiger partial charge in [-0.2, -0.15) is 8.75 Å². The Morgan fingerprint density at radius 2 is 2.26 bits per heavy atom. The van der Waals surface area contributed by atoms with Gasteiger partial charge in [0.1, 0.15) is 11.0 Å². The van der Waals surface area contributed by atoms with Gasteiger partial charge in [-0.25, -0.2) is 4.98 Å². The van der Waals surface area contributed by atoms with E-state index in [2.05, 4.69) is 23.4 Å². The smallest absolute Gasteiger partial charge is 0.221 e. The average Bonchev–Trinajstić information content (AvgIpc) is 3.23. The van der Waals surface area contributed by atoms with Gasteiger partial charge in [0.2, 0.25) is 5.91 Å². The number of nitrogens with zero attached hydrogens (tertiary/aromatic N) is 4. The number of amides is 1. The lowest BCUT2D eigenvalue weighted by atomic mass is 9.90. The number of thiazole rings is 1. The van der Waals surface area contributed by atoms with Gasteiger partial charge in [0.05, 0.1) is 29.7 Å². The minimum absolute atomic E-state index is 0.0390. The number of aromatic nitrogens is 4. The zero-order valence-corrected chi connectivity index (χ0v) is 13.5. The van der Waals surface area contributed by atoms with Crippen molar-refractivity contribution in [3.05, 3.63) is 46.7 Å². The number of fused-ring (bicyclic) bond motifs is 4. The van der Waals surface area contributed by atoms with Gasteiger partial charge in [0.25, 0.3) is 0 Å². The van der Waals surface area contributed by atoms with Crippen molar-refractivity contribution in [3.8, 4) is 0 Å². The van der Waals surface area contributed by atoms with Crippen LogP contribution in [0.2, 0.25) is 0 Å². The zero-order valence-electron chi connectivity index (χ0n) is 11.9. The van der Waals surface area contributed by atoms with Gasteiger partial charge >= 0.3 is 0 Å². The highest BCUT2D eigenvalue weighted by Gasteiger charge is 2.30. The van der Waals surface area contributed by atoms with E-state index >= 15 is 0 Å². The largest absolute Gasteiger partial charge is 0.350 e. The van der Waals surface area contributed by atoms with E-state index in [1.54, 1.807) is 11.3 Å². The lowest BCUT2D eigenvalue weighted by Gasteiger charge is -2.15. The molecule has 0 radical (unpaired) electrons. The molecule has 5 rings (SSSR count). The van der Waals surface area contributed by atoms with E-state index in [0.29, 0.717) is 13.0 Å². The van der Waals surface area contributed by atoms with Crippen LogP contribution in [0, 0.1) is 0 Å². The van der Waals surface area contributed by atoms with Crippen molar-refractivity contribution in [1.29, 1.82) is 0 Å². The molecule has 0 spiro atoms. The Labute approximate surface area is 139 Å². The molecule has 1 unspecified atom stereocenters. The summed E-state index contributed by atoms with van der Waals surface area (Å²) in [5, 5.41) is 4.97. The number of hydrogen-bond acceptors (Lipinski definition) is 6.